The molecule has 25 heavy (non-hydrogen) atoms. The molecular formula is C20H21ClN2O2. The van der Waals surface area contributed by atoms with Crippen LogP contribution in [0.3, 0.4) is 0 Å². The molecule has 0 saturated heterocycles. The van der Waals surface area contributed by atoms with Crippen molar-refractivity contribution in [2.24, 2.45) is 0 Å². The minimum atomic E-state index is -0.149. The van der Waals surface area contributed by atoms with E-state index in [9.17, 15) is 4.79 Å². The molecule has 0 bridgehead atoms. The molecule has 0 spiro atoms. The number of fused-ring (bicyclic) bond motifs is 1. The monoisotopic (exact) mass is 356 g/mol. The Hall–Kier alpha value is -2.30. The van der Waals surface area contributed by atoms with E-state index in [4.69, 9.17) is 16.0 Å². The predicted molar refractivity (Wildman–Crippen MR) is 101 cm³/mol. The molecule has 0 aliphatic carbocycles. The Bertz CT molecular complexity index is 842. The molecule has 130 valence electrons. The van der Waals surface area contributed by atoms with E-state index in [0.29, 0.717) is 5.02 Å². The second-order valence-electron chi connectivity index (χ2n) is 6.10. The van der Waals surface area contributed by atoms with Gasteiger partial charge in [0, 0.05) is 10.4 Å². The molecule has 0 radical (unpaired) electrons. The molecule has 3 aromatic rings. The normalized spacial score (nSPS) is 13.6. The Balaban J connectivity index is 1.55. The van der Waals surface area contributed by atoms with Crippen LogP contribution in [0.25, 0.3) is 11.0 Å². The quantitative estimate of drug-likeness (QED) is 0.677. The van der Waals surface area contributed by atoms with Gasteiger partial charge in [-0.3, -0.25) is 10.1 Å². The molecular weight excluding hydrogens is 336 g/mol. The summed E-state index contributed by atoms with van der Waals surface area (Å²) in [6.07, 6.45) is 0. The summed E-state index contributed by atoms with van der Waals surface area (Å²) >= 11 is 6.17. The van der Waals surface area contributed by atoms with Crippen LogP contribution in [-0.4, -0.2) is 12.5 Å². The van der Waals surface area contributed by atoms with E-state index in [-0.39, 0.29) is 24.5 Å². The van der Waals surface area contributed by atoms with Crippen LogP contribution in [0, 0.1) is 0 Å². The van der Waals surface area contributed by atoms with Gasteiger partial charge < -0.3 is 9.73 Å². The zero-order valence-corrected chi connectivity index (χ0v) is 15.0. The molecule has 3 rings (SSSR count). The maximum Gasteiger partial charge on any atom is 0.234 e. The fourth-order valence-corrected chi connectivity index (χ4v) is 3.06. The zero-order valence-electron chi connectivity index (χ0n) is 14.3. The number of benzene rings is 2. The third kappa shape index (κ3) is 4.21. The molecule has 0 fully saturated rings. The van der Waals surface area contributed by atoms with Crippen molar-refractivity contribution in [1.82, 2.24) is 10.6 Å². The highest BCUT2D eigenvalue weighted by Crippen LogP contribution is 2.24. The molecule has 0 aliphatic heterocycles. The number of carbonyl (C=O) groups is 1. The van der Waals surface area contributed by atoms with Gasteiger partial charge in [0.25, 0.3) is 0 Å². The Morgan fingerprint density at radius 3 is 2.56 bits per heavy atom. The van der Waals surface area contributed by atoms with Crippen molar-refractivity contribution in [2.75, 3.05) is 6.54 Å². The Labute approximate surface area is 152 Å². The lowest BCUT2D eigenvalue weighted by atomic mass is 10.1. The van der Waals surface area contributed by atoms with E-state index in [1.54, 1.807) is 0 Å². The average Bonchev–Trinajstić information content (AvgIpc) is 3.04. The molecule has 4 nitrogen and oxygen atoms in total. The first-order chi connectivity index (χ1) is 12.0. The van der Waals surface area contributed by atoms with Gasteiger partial charge in [0.15, 0.2) is 0 Å². The van der Waals surface area contributed by atoms with Gasteiger partial charge in [-0.05, 0) is 37.6 Å². The number of halogens is 1. The lowest BCUT2D eigenvalue weighted by Gasteiger charge is -2.17. The van der Waals surface area contributed by atoms with Crippen LogP contribution in [0.1, 0.15) is 37.3 Å². The summed E-state index contributed by atoms with van der Waals surface area (Å²) in [6, 6.07) is 17.2. The fraction of sp³-hybridized carbons (Fsp3) is 0.250. The zero-order chi connectivity index (χ0) is 17.8. The lowest BCUT2D eigenvalue weighted by Crippen LogP contribution is -2.36. The minimum absolute atomic E-state index is 0.0613. The smallest absolute Gasteiger partial charge is 0.234 e. The topological polar surface area (TPSA) is 54.3 Å². The highest BCUT2D eigenvalue weighted by molar-refractivity contribution is 6.31. The van der Waals surface area contributed by atoms with Gasteiger partial charge in [-0.2, -0.15) is 0 Å². The van der Waals surface area contributed by atoms with E-state index in [2.05, 4.69) is 10.6 Å². The first-order valence-electron chi connectivity index (χ1n) is 8.30. The van der Waals surface area contributed by atoms with Crippen molar-refractivity contribution in [1.29, 1.82) is 0 Å². The summed E-state index contributed by atoms with van der Waals surface area (Å²) in [7, 11) is 0. The van der Waals surface area contributed by atoms with Crippen LogP contribution in [0.4, 0.5) is 0 Å². The maximum atomic E-state index is 12.2. The molecule has 2 atom stereocenters. The number of hydrogen-bond acceptors (Lipinski definition) is 3. The Morgan fingerprint density at radius 2 is 1.80 bits per heavy atom. The third-order valence-corrected chi connectivity index (χ3v) is 4.53. The van der Waals surface area contributed by atoms with Crippen LogP contribution in [-0.2, 0) is 4.79 Å². The van der Waals surface area contributed by atoms with Crippen LogP contribution < -0.4 is 10.6 Å². The van der Waals surface area contributed by atoms with Crippen molar-refractivity contribution < 1.29 is 9.21 Å². The lowest BCUT2D eigenvalue weighted by molar-refractivity contribution is -0.121. The Kier molecular flexibility index (Phi) is 5.41. The number of amides is 1. The van der Waals surface area contributed by atoms with Crippen LogP contribution in [0.2, 0.25) is 5.02 Å². The second-order valence-corrected chi connectivity index (χ2v) is 6.51. The van der Waals surface area contributed by atoms with Gasteiger partial charge in [-0.1, -0.05) is 48.0 Å². The molecule has 1 amide bonds. The molecule has 2 aromatic carbocycles. The molecule has 1 heterocycles. The van der Waals surface area contributed by atoms with E-state index in [1.165, 1.54) is 0 Å². The first-order valence-corrected chi connectivity index (χ1v) is 8.68. The van der Waals surface area contributed by atoms with Gasteiger partial charge in [0.1, 0.15) is 11.3 Å². The van der Waals surface area contributed by atoms with Gasteiger partial charge in [0.2, 0.25) is 5.91 Å². The van der Waals surface area contributed by atoms with Gasteiger partial charge in [-0.25, -0.2) is 0 Å². The van der Waals surface area contributed by atoms with Crippen LogP contribution >= 0.6 is 11.6 Å². The van der Waals surface area contributed by atoms with E-state index in [1.807, 2.05) is 68.4 Å². The van der Waals surface area contributed by atoms with E-state index >= 15 is 0 Å². The fourth-order valence-electron chi connectivity index (χ4n) is 2.76. The first kappa shape index (κ1) is 17.5. The third-order valence-electron chi connectivity index (χ3n) is 4.19. The summed E-state index contributed by atoms with van der Waals surface area (Å²) in [4.78, 5) is 12.2. The van der Waals surface area contributed by atoms with Crippen LogP contribution in [0.5, 0.6) is 0 Å². The van der Waals surface area contributed by atoms with Crippen molar-refractivity contribution >= 4 is 28.5 Å². The number of rotatable bonds is 6. The highest BCUT2D eigenvalue weighted by Gasteiger charge is 2.15. The summed E-state index contributed by atoms with van der Waals surface area (Å²) in [5.74, 6) is 0.725. The Morgan fingerprint density at radius 1 is 1.08 bits per heavy atom. The van der Waals surface area contributed by atoms with Gasteiger partial charge in [-0.15, -0.1) is 0 Å². The number of nitrogens with one attached hydrogen (secondary N) is 2. The van der Waals surface area contributed by atoms with Crippen LogP contribution in [0.15, 0.2) is 59.0 Å². The number of furan rings is 1. The molecule has 1 aromatic heterocycles. The SMILES string of the molecule is CC(NCC(=O)NC(C)c1ccccc1Cl)c1cc2ccccc2o1. The summed E-state index contributed by atoms with van der Waals surface area (Å²) in [6.45, 7) is 4.09. The van der Waals surface area contributed by atoms with E-state index in [0.717, 1.165) is 22.3 Å². The van der Waals surface area contributed by atoms with E-state index < -0.39 is 0 Å². The molecule has 5 heteroatoms. The summed E-state index contributed by atoms with van der Waals surface area (Å²) in [5, 5.41) is 7.86. The molecule has 0 saturated carbocycles. The molecule has 0 aliphatic rings. The number of carbonyl (C=O) groups excluding carboxylic acids is 1. The van der Waals surface area contributed by atoms with Crippen molar-refractivity contribution in [2.45, 2.75) is 25.9 Å². The second kappa shape index (κ2) is 7.72. The van der Waals surface area contributed by atoms with Crippen molar-refractivity contribution in [3.8, 4) is 0 Å². The average molecular weight is 357 g/mol. The largest absolute Gasteiger partial charge is 0.459 e. The summed E-state index contributed by atoms with van der Waals surface area (Å²) in [5.41, 5.74) is 1.76. The minimum Gasteiger partial charge on any atom is -0.459 e. The van der Waals surface area contributed by atoms with Gasteiger partial charge in [0.05, 0.1) is 18.6 Å². The molecule has 2 unspecified atom stereocenters. The van der Waals surface area contributed by atoms with Gasteiger partial charge >= 0.3 is 0 Å². The van der Waals surface area contributed by atoms with Crippen molar-refractivity contribution in [3.05, 3.63) is 70.9 Å². The summed E-state index contributed by atoms with van der Waals surface area (Å²) < 4.78 is 5.82. The van der Waals surface area contributed by atoms with Crippen molar-refractivity contribution in [3.63, 3.8) is 0 Å². The standard InChI is InChI=1S/C20H21ClN2O2/c1-13(16-8-4-5-9-17(16)21)23-20(24)12-22-14(2)19-11-15-7-3-6-10-18(15)25-19/h3-11,13-14,22H,12H2,1-2H3,(H,23,24). The number of para-hydroxylation sites is 1. The number of hydrogen-bond donors (Lipinski definition) is 2. The highest BCUT2D eigenvalue weighted by atomic mass is 35.5. The predicted octanol–water partition coefficient (Wildman–Crippen LogP) is 4.61. The molecule has 2 N–H and O–H groups in total. The maximum absolute atomic E-state index is 12.2.